The van der Waals surface area contributed by atoms with Crippen molar-refractivity contribution in [3.63, 3.8) is 0 Å². The Hall–Kier alpha value is -2.02. The van der Waals surface area contributed by atoms with Crippen LogP contribution < -0.4 is 4.90 Å². The lowest BCUT2D eigenvalue weighted by molar-refractivity contribution is -0.121. The second-order valence-electron chi connectivity index (χ2n) is 5.98. The number of amides is 1. The van der Waals surface area contributed by atoms with Crippen molar-refractivity contribution < 1.29 is 4.79 Å². The predicted octanol–water partition coefficient (Wildman–Crippen LogP) is 5.11. The summed E-state index contributed by atoms with van der Waals surface area (Å²) < 4.78 is 0.600. The fourth-order valence-electron chi connectivity index (χ4n) is 2.83. The molecule has 1 saturated heterocycles. The molecule has 0 spiro atoms. The summed E-state index contributed by atoms with van der Waals surface area (Å²) in [5, 5.41) is 1.09. The number of fused-ring (bicyclic) bond motifs is 1. The molecule has 130 valence electrons. The molecule has 4 rings (SSSR count). The minimum Gasteiger partial charge on any atom is -0.338 e. The van der Waals surface area contributed by atoms with E-state index < -0.39 is 0 Å². The van der Waals surface area contributed by atoms with E-state index in [4.69, 9.17) is 12.2 Å². The third kappa shape index (κ3) is 3.09. The number of benzene rings is 2. The van der Waals surface area contributed by atoms with E-state index in [0.717, 1.165) is 5.03 Å². The first-order valence-electron chi connectivity index (χ1n) is 8.07. The van der Waals surface area contributed by atoms with Gasteiger partial charge in [0, 0.05) is 19.0 Å². The number of hydrogen-bond donors (Lipinski definition) is 0. The molecular weight excluding hydrogens is 380 g/mol. The van der Waals surface area contributed by atoms with E-state index in [0.29, 0.717) is 9.23 Å². The van der Waals surface area contributed by atoms with Crippen LogP contribution in [0.15, 0.2) is 75.5 Å². The topological polar surface area (TPSA) is 23.6 Å². The fourth-order valence-corrected chi connectivity index (χ4v) is 4.98. The predicted molar refractivity (Wildman–Crippen MR) is 115 cm³/mol. The Morgan fingerprint density at radius 3 is 2.38 bits per heavy atom. The number of likely N-dealkylation sites (N-methyl/N-ethyl adjacent to an activating group) is 1. The number of nitrogens with zero attached hydrogens (tertiary/aromatic N) is 2. The van der Waals surface area contributed by atoms with Crippen molar-refractivity contribution in [2.24, 2.45) is 0 Å². The standard InChI is InChI=1S/C20H16N2OS3/c1-21-15-12-14(13-6-4-3-5-7-13)8-9-16(15)25-18(21)11-10-17-19(23)22(2)20(24)26-17/h3-12H,1-2H3/b17-10+,18-11-. The van der Waals surface area contributed by atoms with Gasteiger partial charge in [0.25, 0.3) is 5.91 Å². The number of thiocarbonyl (C=S) groups is 1. The minimum absolute atomic E-state index is 0.0358. The maximum absolute atomic E-state index is 12.1. The van der Waals surface area contributed by atoms with Crippen molar-refractivity contribution in [1.82, 2.24) is 4.90 Å². The smallest absolute Gasteiger partial charge is 0.265 e. The van der Waals surface area contributed by atoms with Crippen LogP contribution in [0.3, 0.4) is 0 Å². The highest BCUT2D eigenvalue weighted by atomic mass is 32.2. The van der Waals surface area contributed by atoms with Gasteiger partial charge >= 0.3 is 0 Å². The van der Waals surface area contributed by atoms with Gasteiger partial charge in [0.2, 0.25) is 0 Å². The van der Waals surface area contributed by atoms with Crippen LogP contribution in [-0.2, 0) is 4.79 Å². The zero-order valence-electron chi connectivity index (χ0n) is 14.3. The number of carbonyl (C=O) groups is 1. The summed E-state index contributed by atoms with van der Waals surface area (Å²) in [4.78, 5) is 17.7. The molecule has 2 heterocycles. The molecular formula is C20H16N2OS3. The van der Waals surface area contributed by atoms with Crippen LogP contribution in [0.1, 0.15) is 0 Å². The van der Waals surface area contributed by atoms with Gasteiger partial charge in [-0.1, -0.05) is 72.1 Å². The molecule has 0 unspecified atom stereocenters. The highest BCUT2D eigenvalue weighted by Gasteiger charge is 2.28. The molecule has 6 heteroatoms. The molecule has 2 aromatic rings. The number of thioether (sulfide) groups is 2. The Labute approximate surface area is 166 Å². The SMILES string of the molecule is CN1C(=O)/C(=C\C=C2/Sc3ccc(-c4ccccc4)cc3N2C)SC1=S. The van der Waals surface area contributed by atoms with Crippen LogP contribution in [0.5, 0.6) is 0 Å². The number of rotatable bonds is 2. The summed E-state index contributed by atoms with van der Waals surface area (Å²) in [7, 11) is 3.77. The summed E-state index contributed by atoms with van der Waals surface area (Å²) >= 11 is 8.23. The molecule has 2 aromatic carbocycles. The maximum atomic E-state index is 12.1. The molecule has 0 aliphatic carbocycles. The Bertz CT molecular complexity index is 966. The summed E-state index contributed by atoms with van der Waals surface area (Å²) in [5.74, 6) is -0.0358. The van der Waals surface area contributed by atoms with Crippen molar-refractivity contribution >= 4 is 51.7 Å². The number of carbonyl (C=O) groups excluding carboxylic acids is 1. The molecule has 0 atom stereocenters. The normalized spacial score (nSPS) is 19.8. The average molecular weight is 397 g/mol. The van der Waals surface area contributed by atoms with Gasteiger partial charge in [-0.25, -0.2) is 0 Å². The molecule has 3 nitrogen and oxygen atoms in total. The van der Waals surface area contributed by atoms with E-state index in [1.807, 2.05) is 18.2 Å². The second-order valence-corrected chi connectivity index (χ2v) is 8.72. The molecule has 0 saturated carbocycles. The van der Waals surface area contributed by atoms with Gasteiger partial charge < -0.3 is 4.90 Å². The molecule has 0 radical (unpaired) electrons. The van der Waals surface area contributed by atoms with Crippen molar-refractivity contribution in [3.8, 4) is 11.1 Å². The van der Waals surface area contributed by atoms with E-state index >= 15 is 0 Å². The van der Waals surface area contributed by atoms with Gasteiger partial charge in [0.05, 0.1) is 15.6 Å². The molecule has 0 bridgehead atoms. The zero-order valence-corrected chi connectivity index (χ0v) is 16.8. The number of anilines is 1. The summed E-state index contributed by atoms with van der Waals surface area (Å²) in [6.07, 6.45) is 3.86. The largest absolute Gasteiger partial charge is 0.338 e. The Kier molecular flexibility index (Phi) is 4.65. The van der Waals surface area contributed by atoms with Gasteiger partial charge in [-0.05, 0) is 35.4 Å². The highest BCUT2D eigenvalue weighted by Crippen LogP contribution is 2.46. The van der Waals surface area contributed by atoms with Crippen molar-refractivity contribution in [3.05, 3.63) is 70.6 Å². The maximum Gasteiger partial charge on any atom is 0.265 e. The van der Waals surface area contributed by atoms with E-state index in [2.05, 4.69) is 54.4 Å². The molecule has 0 N–H and O–H groups in total. The fraction of sp³-hybridized carbons (Fsp3) is 0.100. The first kappa shape index (κ1) is 17.4. The second kappa shape index (κ2) is 6.95. The van der Waals surface area contributed by atoms with Crippen molar-refractivity contribution in [2.45, 2.75) is 4.90 Å². The van der Waals surface area contributed by atoms with Crippen LogP contribution in [0, 0.1) is 0 Å². The van der Waals surface area contributed by atoms with E-state index in [1.165, 1.54) is 38.4 Å². The summed E-state index contributed by atoms with van der Waals surface area (Å²) in [5.41, 5.74) is 3.58. The Morgan fingerprint density at radius 2 is 1.69 bits per heavy atom. The quantitative estimate of drug-likeness (QED) is 0.518. The lowest BCUT2D eigenvalue weighted by Gasteiger charge is -2.14. The van der Waals surface area contributed by atoms with Gasteiger partial charge in [0.1, 0.15) is 4.32 Å². The van der Waals surface area contributed by atoms with Gasteiger partial charge in [-0.3, -0.25) is 9.69 Å². The van der Waals surface area contributed by atoms with Crippen LogP contribution >= 0.6 is 35.7 Å². The molecule has 2 aliphatic heterocycles. The van der Waals surface area contributed by atoms with E-state index in [9.17, 15) is 4.79 Å². The highest BCUT2D eigenvalue weighted by molar-refractivity contribution is 8.26. The van der Waals surface area contributed by atoms with Crippen LogP contribution in [-0.4, -0.2) is 29.2 Å². The zero-order chi connectivity index (χ0) is 18.3. The first-order chi connectivity index (χ1) is 12.5. The van der Waals surface area contributed by atoms with E-state index in [-0.39, 0.29) is 5.91 Å². The van der Waals surface area contributed by atoms with Crippen LogP contribution in [0.4, 0.5) is 5.69 Å². The third-order valence-corrected chi connectivity index (χ3v) is 7.02. The Balaban J connectivity index is 1.62. The van der Waals surface area contributed by atoms with Crippen molar-refractivity contribution in [2.75, 3.05) is 19.0 Å². The van der Waals surface area contributed by atoms with Crippen molar-refractivity contribution in [1.29, 1.82) is 0 Å². The first-order valence-corrected chi connectivity index (χ1v) is 10.1. The van der Waals surface area contributed by atoms with Crippen LogP contribution in [0.25, 0.3) is 11.1 Å². The van der Waals surface area contributed by atoms with E-state index in [1.54, 1.807) is 18.8 Å². The minimum atomic E-state index is -0.0358. The summed E-state index contributed by atoms with van der Waals surface area (Å²) in [6.45, 7) is 0. The number of hydrogen-bond acceptors (Lipinski definition) is 5. The van der Waals surface area contributed by atoms with Gasteiger partial charge in [-0.15, -0.1) is 0 Å². The Morgan fingerprint density at radius 1 is 0.923 bits per heavy atom. The molecule has 1 fully saturated rings. The third-order valence-electron chi connectivity index (χ3n) is 4.34. The van der Waals surface area contributed by atoms with Gasteiger partial charge in [0.15, 0.2) is 0 Å². The molecule has 2 aliphatic rings. The lowest BCUT2D eigenvalue weighted by atomic mass is 10.1. The molecule has 26 heavy (non-hydrogen) atoms. The van der Waals surface area contributed by atoms with Gasteiger partial charge in [-0.2, -0.15) is 0 Å². The number of allylic oxidation sites excluding steroid dienone is 2. The monoisotopic (exact) mass is 396 g/mol. The lowest BCUT2D eigenvalue weighted by Crippen LogP contribution is -2.22. The molecule has 1 amide bonds. The summed E-state index contributed by atoms with van der Waals surface area (Å²) in [6, 6.07) is 16.9. The average Bonchev–Trinajstić information content (AvgIpc) is 3.11. The molecule has 0 aromatic heterocycles. The van der Waals surface area contributed by atoms with Crippen LogP contribution in [0.2, 0.25) is 0 Å².